The van der Waals surface area contributed by atoms with E-state index in [4.69, 9.17) is 4.74 Å². The summed E-state index contributed by atoms with van der Waals surface area (Å²) in [4.78, 5) is 17.7. The van der Waals surface area contributed by atoms with Gasteiger partial charge in [-0.25, -0.2) is 9.78 Å². The van der Waals surface area contributed by atoms with Crippen molar-refractivity contribution in [2.24, 2.45) is 0 Å². The molecule has 6 heteroatoms. The monoisotopic (exact) mass is 296 g/mol. The Labute approximate surface area is 121 Å². The van der Waals surface area contributed by atoms with E-state index in [0.717, 1.165) is 0 Å². The fourth-order valence-corrected chi connectivity index (χ4v) is 3.39. The van der Waals surface area contributed by atoms with Gasteiger partial charge in [-0.3, -0.25) is 4.21 Å². The number of rotatable bonds is 2. The van der Waals surface area contributed by atoms with Crippen LogP contribution in [0.25, 0.3) is 0 Å². The van der Waals surface area contributed by atoms with E-state index in [1.807, 2.05) is 26.8 Å². The van der Waals surface area contributed by atoms with Crippen molar-refractivity contribution >= 4 is 16.9 Å². The van der Waals surface area contributed by atoms with Crippen LogP contribution in [0.15, 0.2) is 29.4 Å². The summed E-state index contributed by atoms with van der Waals surface area (Å²) in [7, 11) is -1.18. The molecule has 2 rings (SSSR count). The summed E-state index contributed by atoms with van der Waals surface area (Å²) in [6.07, 6.45) is 2.01. The van der Waals surface area contributed by atoms with Crippen LogP contribution in [-0.4, -0.2) is 44.1 Å². The van der Waals surface area contributed by atoms with Gasteiger partial charge in [0, 0.05) is 19.3 Å². The Balaban J connectivity index is 1.96. The summed E-state index contributed by atoms with van der Waals surface area (Å²) in [6.45, 7) is 6.55. The van der Waals surface area contributed by atoms with Gasteiger partial charge in [0.2, 0.25) is 0 Å². The number of hydrogen-bond donors (Lipinski definition) is 0. The van der Waals surface area contributed by atoms with Gasteiger partial charge in [0.25, 0.3) is 0 Å². The van der Waals surface area contributed by atoms with Crippen LogP contribution in [0.1, 0.15) is 27.2 Å². The highest BCUT2D eigenvalue weighted by Gasteiger charge is 2.33. The number of pyridine rings is 1. The fourth-order valence-electron chi connectivity index (χ4n) is 2.03. The van der Waals surface area contributed by atoms with Gasteiger partial charge in [0.1, 0.15) is 10.6 Å². The molecule has 0 saturated carbocycles. The van der Waals surface area contributed by atoms with Crippen molar-refractivity contribution in [3.8, 4) is 0 Å². The largest absolute Gasteiger partial charge is 0.444 e. The minimum atomic E-state index is -1.18. The third-order valence-corrected chi connectivity index (χ3v) is 4.59. The van der Waals surface area contributed by atoms with E-state index < -0.39 is 16.4 Å². The predicted octanol–water partition coefficient (Wildman–Crippen LogP) is 2.20. The molecule has 0 unspecified atom stereocenters. The van der Waals surface area contributed by atoms with E-state index in [1.54, 1.807) is 23.2 Å². The quantitative estimate of drug-likeness (QED) is 0.839. The Morgan fingerprint density at radius 3 is 2.80 bits per heavy atom. The van der Waals surface area contributed by atoms with Crippen molar-refractivity contribution in [1.29, 1.82) is 0 Å². The van der Waals surface area contributed by atoms with Gasteiger partial charge in [-0.05, 0) is 39.3 Å². The molecule has 0 aliphatic carbocycles. The summed E-state index contributed by atoms with van der Waals surface area (Å²) in [6, 6.07) is 5.37. The highest BCUT2D eigenvalue weighted by Crippen LogP contribution is 2.21. The maximum Gasteiger partial charge on any atom is 0.410 e. The van der Waals surface area contributed by atoms with Crippen molar-refractivity contribution in [2.75, 3.05) is 13.1 Å². The summed E-state index contributed by atoms with van der Waals surface area (Å²) in [5.74, 6) is 0. The molecule has 0 radical (unpaired) electrons. The number of aromatic nitrogens is 1. The molecule has 110 valence electrons. The van der Waals surface area contributed by atoms with Crippen molar-refractivity contribution < 1.29 is 13.7 Å². The highest BCUT2D eigenvalue weighted by atomic mass is 32.2. The number of ether oxygens (including phenoxy) is 1. The van der Waals surface area contributed by atoms with Crippen LogP contribution in [0.5, 0.6) is 0 Å². The minimum absolute atomic E-state index is 0.0718. The Hall–Kier alpha value is -1.43. The molecule has 1 aliphatic heterocycles. The molecule has 20 heavy (non-hydrogen) atoms. The zero-order valence-corrected chi connectivity index (χ0v) is 12.9. The van der Waals surface area contributed by atoms with Gasteiger partial charge in [-0.2, -0.15) is 0 Å². The van der Waals surface area contributed by atoms with Crippen molar-refractivity contribution in [2.45, 2.75) is 43.1 Å². The first kappa shape index (κ1) is 15.0. The first-order chi connectivity index (χ1) is 9.37. The van der Waals surface area contributed by atoms with Crippen LogP contribution in [0, 0.1) is 0 Å². The molecule has 1 aromatic heterocycles. The van der Waals surface area contributed by atoms with E-state index in [9.17, 15) is 9.00 Å². The van der Waals surface area contributed by atoms with Crippen molar-refractivity contribution in [3.05, 3.63) is 24.4 Å². The second-order valence-electron chi connectivity index (χ2n) is 5.80. The van der Waals surface area contributed by atoms with E-state index in [1.165, 1.54) is 0 Å². The molecule has 1 saturated heterocycles. The lowest BCUT2D eigenvalue weighted by molar-refractivity contribution is 0.0295. The van der Waals surface area contributed by atoms with Crippen LogP contribution in [0.2, 0.25) is 0 Å². The minimum Gasteiger partial charge on any atom is -0.444 e. The Kier molecular flexibility index (Phi) is 4.42. The van der Waals surface area contributed by atoms with Crippen LogP contribution >= 0.6 is 0 Å². The number of nitrogens with zero attached hydrogens (tertiary/aromatic N) is 2. The first-order valence-corrected chi connectivity index (χ1v) is 7.87. The second-order valence-corrected chi connectivity index (χ2v) is 7.48. The zero-order chi connectivity index (χ0) is 14.8. The normalized spacial score (nSPS) is 20.8. The SMILES string of the molecule is CC(C)(C)OC(=O)N1CC[C@H]([S@](=O)c2ccccn2)C1. The maximum atomic E-state index is 12.4. The smallest absolute Gasteiger partial charge is 0.410 e. The molecule has 1 amide bonds. The number of amides is 1. The molecule has 2 atom stereocenters. The molecule has 1 fully saturated rings. The zero-order valence-electron chi connectivity index (χ0n) is 12.0. The Bertz CT molecular complexity index is 499. The summed E-state index contributed by atoms with van der Waals surface area (Å²) >= 11 is 0. The van der Waals surface area contributed by atoms with Gasteiger partial charge in [0.15, 0.2) is 0 Å². The molecule has 5 nitrogen and oxygen atoms in total. The van der Waals surface area contributed by atoms with Crippen LogP contribution in [-0.2, 0) is 15.5 Å². The third kappa shape index (κ3) is 3.79. The van der Waals surface area contributed by atoms with Crippen molar-refractivity contribution in [1.82, 2.24) is 9.88 Å². The summed E-state index contributed by atoms with van der Waals surface area (Å²) in [5.41, 5.74) is -0.505. The van der Waals surface area contributed by atoms with Gasteiger partial charge in [-0.1, -0.05) is 6.07 Å². The Morgan fingerprint density at radius 1 is 1.45 bits per heavy atom. The number of carbonyl (C=O) groups is 1. The van der Waals surface area contributed by atoms with E-state index in [0.29, 0.717) is 24.5 Å². The second kappa shape index (κ2) is 5.91. The van der Waals surface area contributed by atoms with Gasteiger partial charge < -0.3 is 9.64 Å². The third-order valence-electron chi connectivity index (χ3n) is 2.94. The molecule has 0 spiro atoms. The van der Waals surface area contributed by atoms with E-state index >= 15 is 0 Å². The molecule has 0 bridgehead atoms. The fraction of sp³-hybridized carbons (Fsp3) is 0.571. The lowest BCUT2D eigenvalue weighted by Crippen LogP contribution is -2.36. The number of carbonyl (C=O) groups excluding carboxylic acids is 1. The number of likely N-dealkylation sites (tertiary alicyclic amines) is 1. The topological polar surface area (TPSA) is 59.5 Å². The van der Waals surface area contributed by atoms with Crippen LogP contribution in [0.4, 0.5) is 4.79 Å². The average molecular weight is 296 g/mol. The van der Waals surface area contributed by atoms with Crippen LogP contribution < -0.4 is 0 Å². The van der Waals surface area contributed by atoms with E-state index in [-0.39, 0.29) is 11.3 Å². The van der Waals surface area contributed by atoms with Crippen LogP contribution in [0.3, 0.4) is 0 Å². The predicted molar refractivity (Wildman–Crippen MR) is 76.9 cm³/mol. The van der Waals surface area contributed by atoms with E-state index in [2.05, 4.69) is 4.98 Å². The van der Waals surface area contributed by atoms with Gasteiger partial charge >= 0.3 is 6.09 Å². The average Bonchev–Trinajstić information content (AvgIpc) is 2.86. The lowest BCUT2D eigenvalue weighted by Gasteiger charge is -2.24. The maximum absolute atomic E-state index is 12.4. The molecular formula is C14H20N2O3S. The molecule has 1 aliphatic rings. The number of hydrogen-bond acceptors (Lipinski definition) is 4. The standard InChI is InChI=1S/C14H20N2O3S/c1-14(2,3)19-13(17)16-9-7-11(10-16)20(18)12-6-4-5-8-15-12/h4-6,8,11H,7,9-10H2,1-3H3/t11-,20-/m0/s1. The molecule has 2 heterocycles. The molecule has 1 aromatic rings. The molecule has 0 N–H and O–H groups in total. The summed E-state index contributed by atoms with van der Waals surface area (Å²) < 4.78 is 17.7. The van der Waals surface area contributed by atoms with Gasteiger partial charge in [-0.15, -0.1) is 0 Å². The van der Waals surface area contributed by atoms with Gasteiger partial charge in [0.05, 0.1) is 16.0 Å². The highest BCUT2D eigenvalue weighted by molar-refractivity contribution is 7.85. The molecular weight excluding hydrogens is 276 g/mol. The van der Waals surface area contributed by atoms with Crippen molar-refractivity contribution in [3.63, 3.8) is 0 Å². The lowest BCUT2D eigenvalue weighted by atomic mass is 10.2. The molecule has 0 aromatic carbocycles. The summed E-state index contributed by atoms with van der Waals surface area (Å²) in [5, 5.41) is 0.501. The Morgan fingerprint density at radius 2 is 2.20 bits per heavy atom. The first-order valence-electron chi connectivity index (χ1n) is 6.66.